The van der Waals surface area contributed by atoms with E-state index in [2.05, 4.69) is 13.8 Å². The van der Waals surface area contributed by atoms with Crippen molar-refractivity contribution in [3.8, 4) is 5.75 Å². The molecule has 0 atom stereocenters. The van der Waals surface area contributed by atoms with Gasteiger partial charge < -0.3 is 10.2 Å². The van der Waals surface area contributed by atoms with Crippen molar-refractivity contribution < 1.29 is 15.0 Å². The lowest BCUT2D eigenvalue weighted by Gasteiger charge is -1.84. The lowest BCUT2D eigenvalue weighted by atomic mass is 10.3. The van der Waals surface area contributed by atoms with Gasteiger partial charge in [0.2, 0.25) is 0 Å². The zero-order valence-corrected chi connectivity index (χ0v) is 11.0. The van der Waals surface area contributed by atoms with Crippen molar-refractivity contribution in [1.82, 2.24) is 0 Å². The predicted octanol–water partition coefficient (Wildman–Crippen LogP) is 3.85. The van der Waals surface area contributed by atoms with Crippen LogP contribution in [-0.4, -0.2) is 16.2 Å². The van der Waals surface area contributed by atoms with Gasteiger partial charge in [0.1, 0.15) is 5.75 Å². The SMILES string of the molecule is CC=C(C)C(=O)O.CCC.Oc1ccccc1. The minimum Gasteiger partial charge on any atom is -0.508 e. The maximum atomic E-state index is 9.86. The lowest BCUT2D eigenvalue weighted by molar-refractivity contribution is -0.132. The molecule has 0 spiro atoms. The molecular weight excluding hydrogens is 216 g/mol. The molecule has 0 aliphatic carbocycles. The number of allylic oxidation sites excluding steroid dienone is 1. The van der Waals surface area contributed by atoms with Crippen molar-refractivity contribution in [2.45, 2.75) is 34.1 Å². The molecule has 0 heterocycles. The Morgan fingerprint density at radius 3 is 1.76 bits per heavy atom. The van der Waals surface area contributed by atoms with Crippen LogP contribution >= 0.6 is 0 Å². The molecule has 0 saturated heterocycles. The first kappa shape index (κ1) is 17.6. The average Bonchev–Trinajstić information content (AvgIpc) is 2.30. The van der Waals surface area contributed by atoms with Crippen LogP contribution in [0.4, 0.5) is 0 Å². The third-order valence-corrected chi connectivity index (χ3v) is 1.53. The van der Waals surface area contributed by atoms with Crippen molar-refractivity contribution in [3.05, 3.63) is 42.0 Å². The summed E-state index contributed by atoms with van der Waals surface area (Å²) in [6, 6.07) is 8.71. The highest BCUT2D eigenvalue weighted by atomic mass is 16.4. The molecule has 3 nitrogen and oxygen atoms in total. The predicted molar refractivity (Wildman–Crippen MR) is 71.1 cm³/mol. The maximum Gasteiger partial charge on any atom is 0.330 e. The van der Waals surface area contributed by atoms with E-state index in [-0.39, 0.29) is 0 Å². The smallest absolute Gasteiger partial charge is 0.330 e. The number of carboxylic acid groups (broad SMARTS) is 1. The fourth-order valence-corrected chi connectivity index (χ4v) is 0.551. The summed E-state index contributed by atoms with van der Waals surface area (Å²) in [5, 5.41) is 16.7. The fourth-order valence-electron chi connectivity index (χ4n) is 0.551. The molecule has 17 heavy (non-hydrogen) atoms. The Morgan fingerprint density at radius 1 is 1.24 bits per heavy atom. The van der Waals surface area contributed by atoms with Gasteiger partial charge in [-0.15, -0.1) is 0 Å². The van der Waals surface area contributed by atoms with Crippen LogP contribution in [0.2, 0.25) is 0 Å². The van der Waals surface area contributed by atoms with Crippen molar-refractivity contribution >= 4 is 5.97 Å². The Bertz CT molecular complexity index is 315. The second-order valence-electron chi connectivity index (χ2n) is 3.32. The number of hydrogen-bond acceptors (Lipinski definition) is 2. The van der Waals surface area contributed by atoms with E-state index in [9.17, 15) is 4.79 Å². The van der Waals surface area contributed by atoms with Crippen molar-refractivity contribution in [3.63, 3.8) is 0 Å². The number of hydrogen-bond donors (Lipinski definition) is 2. The second-order valence-corrected chi connectivity index (χ2v) is 3.32. The van der Waals surface area contributed by atoms with Crippen LogP contribution in [0, 0.1) is 0 Å². The van der Waals surface area contributed by atoms with Gasteiger partial charge in [0.15, 0.2) is 0 Å². The van der Waals surface area contributed by atoms with Gasteiger partial charge in [-0.3, -0.25) is 0 Å². The Hall–Kier alpha value is -1.77. The molecule has 0 amide bonds. The number of benzene rings is 1. The van der Waals surface area contributed by atoms with E-state index < -0.39 is 5.97 Å². The number of aromatic hydroxyl groups is 1. The van der Waals surface area contributed by atoms with Crippen molar-refractivity contribution in [2.75, 3.05) is 0 Å². The van der Waals surface area contributed by atoms with Gasteiger partial charge in [-0.25, -0.2) is 4.79 Å². The summed E-state index contributed by atoms with van der Waals surface area (Å²) in [6.07, 6.45) is 2.81. The molecule has 1 rings (SSSR count). The van der Waals surface area contributed by atoms with E-state index in [4.69, 9.17) is 10.2 Å². The topological polar surface area (TPSA) is 57.5 Å². The summed E-state index contributed by atoms with van der Waals surface area (Å²) in [7, 11) is 0. The van der Waals surface area contributed by atoms with E-state index in [0.29, 0.717) is 11.3 Å². The van der Waals surface area contributed by atoms with Crippen LogP contribution in [0.3, 0.4) is 0 Å². The number of aliphatic carboxylic acids is 1. The monoisotopic (exact) mass is 238 g/mol. The largest absolute Gasteiger partial charge is 0.508 e. The highest BCUT2D eigenvalue weighted by molar-refractivity contribution is 5.85. The molecule has 0 saturated carbocycles. The van der Waals surface area contributed by atoms with Gasteiger partial charge in [-0.2, -0.15) is 0 Å². The molecular formula is C14H22O3. The average molecular weight is 238 g/mol. The van der Waals surface area contributed by atoms with Gasteiger partial charge in [0, 0.05) is 5.57 Å². The zero-order chi connectivity index (χ0) is 13.7. The third kappa shape index (κ3) is 14.2. The number of rotatable bonds is 1. The molecule has 3 heteroatoms. The Morgan fingerprint density at radius 2 is 1.65 bits per heavy atom. The highest BCUT2D eigenvalue weighted by Gasteiger charge is 1.93. The molecule has 0 radical (unpaired) electrons. The van der Waals surface area contributed by atoms with Gasteiger partial charge in [-0.05, 0) is 26.0 Å². The van der Waals surface area contributed by atoms with Crippen LogP contribution in [0.15, 0.2) is 42.0 Å². The first-order valence-electron chi connectivity index (χ1n) is 5.59. The van der Waals surface area contributed by atoms with Gasteiger partial charge in [0.25, 0.3) is 0 Å². The van der Waals surface area contributed by atoms with Crippen LogP contribution < -0.4 is 0 Å². The summed E-state index contributed by atoms with van der Waals surface area (Å²) in [6.45, 7) is 7.51. The molecule has 0 aliphatic heterocycles. The number of phenols is 1. The van der Waals surface area contributed by atoms with Crippen LogP contribution in [0.25, 0.3) is 0 Å². The number of carboxylic acids is 1. The van der Waals surface area contributed by atoms with E-state index >= 15 is 0 Å². The third-order valence-electron chi connectivity index (χ3n) is 1.53. The molecule has 0 bridgehead atoms. The summed E-state index contributed by atoms with van der Waals surface area (Å²) in [5.41, 5.74) is 0.389. The minimum absolute atomic E-state index is 0.322. The first-order chi connectivity index (χ1) is 7.99. The quantitative estimate of drug-likeness (QED) is 0.731. The van der Waals surface area contributed by atoms with E-state index in [1.54, 1.807) is 44.2 Å². The highest BCUT2D eigenvalue weighted by Crippen LogP contribution is 2.02. The minimum atomic E-state index is -0.845. The van der Waals surface area contributed by atoms with Gasteiger partial charge >= 0.3 is 5.97 Å². The molecule has 0 unspecified atom stereocenters. The van der Waals surface area contributed by atoms with Crippen LogP contribution in [0.1, 0.15) is 34.1 Å². The lowest BCUT2D eigenvalue weighted by Crippen LogP contribution is -1.93. The Labute approximate surface area is 103 Å². The zero-order valence-electron chi connectivity index (χ0n) is 11.0. The number of para-hydroxylation sites is 1. The Balaban J connectivity index is 0. The van der Waals surface area contributed by atoms with Gasteiger partial charge in [0.05, 0.1) is 0 Å². The second kappa shape index (κ2) is 12.3. The van der Waals surface area contributed by atoms with E-state index in [1.165, 1.54) is 6.42 Å². The Kier molecular flexibility index (Phi) is 12.7. The molecule has 1 aromatic rings. The fraction of sp³-hybridized carbons (Fsp3) is 0.357. The molecule has 2 N–H and O–H groups in total. The maximum absolute atomic E-state index is 9.86. The summed E-state index contributed by atoms with van der Waals surface area (Å²) < 4.78 is 0. The van der Waals surface area contributed by atoms with Crippen molar-refractivity contribution in [1.29, 1.82) is 0 Å². The first-order valence-corrected chi connectivity index (χ1v) is 5.59. The molecule has 96 valence electrons. The summed E-state index contributed by atoms with van der Waals surface area (Å²) >= 11 is 0. The van der Waals surface area contributed by atoms with E-state index in [1.807, 2.05) is 6.07 Å². The molecule has 1 aromatic carbocycles. The van der Waals surface area contributed by atoms with Crippen molar-refractivity contribution in [2.24, 2.45) is 0 Å². The van der Waals surface area contributed by atoms with Crippen LogP contribution in [-0.2, 0) is 4.79 Å². The number of carbonyl (C=O) groups is 1. The standard InChI is InChI=1S/C6H6O.C5H8O2.C3H8/c7-6-4-2-1-3-5-6;1-3-4(2)5(6)7;1-3-2/h1-5,7H;3H,1-2H3,(H,6,7);3H2,1-2H3. The summed E-state index contributed by atoms with van der Waals surface area (Å²) in [4.78, 5) is 9.86. The van der Waals surface area contributed by atoms with E-state index in [0.717, 1.165) is 0 Å². The molecule has 0 fully saturated rings. The van der Waals surface area contributed by atoms with Crippen LogP contribution in [0.5, 0.6) is 5.75 Å². The normalized spacial score (nSPS) is 9.29. The molecule has 0 aliphatic rings. The van der Waals surface area contributed by atoms with Gasteiger partial charge in [-0.1, -0.05) is 44.5 Å². The summed E-state index contributed by atoms with van der Waals surface area (Å²) in [5.74, 6) is -0.523. The molecule has 0 aromatic heterocycles. The number of phenolic OH excluding ortho intramolecular Hbond substituents is 1.